The summed E-state index contributed by atoms with van der Waals surface area (Å²) in [4.78, 5) is 14.1. The lowest BCUT2D eigenvalue weighted by Gasteiger charge is -2.35. The van der Waals surface area contributed by atoms with Crippen LogP contribution < -0.4 is 0 Å². The van der Waals surface area contributed by atoms with E-state index in [1.807, 2.05) is 0 Å². The molecule has 1 spiro atoms. The van der Waals surface area contributed by atoms with Gasteiger partial charge in [0.25, 0.3) is 0 Å². The SMILES string of the molecule is COC(=O)C1CCCCN1CC1COC2(CCCC2)O1. The van der Waals surface area contributed by atoms with Gasteiger partial charge in [-0.2, -0.15) is 0 Å². The Balaban J connectivity index is 1.57. The van der Waals surface area contributed by atoms with Gasteiger partial charge in [0.15, 0.2) is 5.79 Å². The molecule has 2 atom stereocenters. The van der Waals surface area contributed by atoms with E-state index >= 15 is 0 Å². The molecule has 1 saturated carbocycles. The Hall–Kier alpha value is -0.650. The minimum absolute atomic E-state index is 0.0957. The van der Waals surface area contributed by atoms with Crippen LogP contribution >= 0.6 is 0 Å². The van der Waals surface area contributed by atoms with Gasteiger partial charge in [0.05, 0.1) is 19.8 Å². The lowest BCUT2D eigenvalue weighted by atomic mass is 10.0. The van der Waals surface area contributed by atoms with Crippen LogP contribution in [0.15, 0.2) is 0 Å². The van der Waals surface area contributed by atoms with E-state index in [1.54, 1.807) is 0 Å². The van der Waals surface area contributed by atoms with Crippen LogP contribution in [0.5, 0.6) is 0 Å². The largest absolute Gasteiger partial charge is 0.468 e. The number of carbonyl (C=O) groups excluding carboxylic acids is 1. The molecule has 114 valence electrons. The molecule has 2 unspecified atom stereocenters. The van der Waals surface area contributed by atoms with Gasteiger partial charge in [-0.25, -0.2) is 0 Å². The zero-order valence-electron chi connectivity index (χ0n) is 12.3. The average Bonchev–Trinajstić information content (AvgIpc) is 3.09. The van der Waals surface area contributed by atoms with Gasteiger partial charge in [-0.15, -0.1) is 0 Å². The minimum Gasteiger partial charge on any atom is -0.468 e. The summed E-state index contributed by atoms with van der Waals surface area (Å²) in [5.74, 6) is -0.416. The standard InChI is InChI=1S/C15H25NO4/c1-18-14(17)13-6-2-5-9-16(13)10-12-11-19-15(20-12)7-3-4-8-15/h12-13H,2-11H2,1H3. The van der Waals surface area contributed by atoms with Gasteiger partial charge < -0.3 is 14.2 Å². The van der Waals surface area contributed by atoms with Gasteiger partial charge in [-0.3, -0.25) is 9.69 Å². The van der Waals surface area contributed by atoms with Crippen molar-refractivity contribution < 1.29 is 19.0 Å². The first-order chi connectivity index (χ1) is 9.72. The van der Waals surface area contributed by atoms with E-state index in [2.05, 4.69) is 4.90 Å². The van der Waals surface area contributed by atoms with Crippen molar-refractivity contribution in [3.63, 3.8) is 0 Å². The zero-order valence-corrected chi connectivity index (χ0v) is 12.3. The Morgan fingerprint density at radius 2 is 2.10 bits per heavy atom. The molecule has 0 amide bonds. The van der Waals surface area contributed by atoms with Crippen LogP contribution in [-0.4, -0.2) is 55.6 Å². The number of likely N-dealkylation sites (tertiary alicyclic amines) is 1. The second kappa shape index (κ2) is 6.00. The van der Waals surface area contributed by atoms with Crippen molar-refractivity contribution in [2.24, 2.45) is 0 Å². The van der Waals surface area contributed by atoms with E-state index in [-0.39, 0.29) is 23.9 Å². The van der Waals surface area contributed by atoms with Crippen LogP contribution in [0.25, 0.3) is 0 Å². The Morgan fingerprint density at radius 3 is 2.85 bits per heavy atom. The molecule has 0 aromatic carbocycles. The number of nitrogens with zero attached hydrogens (tertiary/aromatic N) is 1. The second-order valence-corrected chi connectivity index (χ2v) is 6.20. The van der Waals surface area contributed by atoms with Gasteiger partial charge in [0.1, 0.15) is 6.04 Å². The summed E-state index contributed by atoms with van der Waals surface area (Å²) in [6.45, 7) is 2.39. The van der Waals surface area contributed by atoms with E-state index in [9.17, 15) is 4.79 Å². The Labute approximate surface area is 120 Å². The molecule has 1 aliphatic carbocycles. The Bertz CT molecular complexity index is 354. The molecule has 2 aliphatic heterocycles. The molecule has 0 radical (unpaired) electrons. The fourth-order valence-corrected chi connectivity index (χ4v) is 3.76. The van der Waals surface area contributed by atoms with Crippen molar-refractivity contribution in [3.05, 3.63) is 0 Å². The number of methoxy groups -OCH3 is 1. The van der Waals surface area contributed by atoms with Crippen molar-refractivity contribution in [2.45, 2.75) is 62.9 Å². The molecule has 0 aromatic heterocycles. The smallest absolute Gasteiger partial charge is 0.323 e. The number of rotatable bonds is 3. The van der Waals surface area contributed by atoms with E-state index in [1.165, 1.54) is 20.0 Å². The van der Waals surface area contributed by atoms with Crippen molar-refractivity contribution in [2.75, 3.05) is 26.8 Å². The molecule has 3 aliphatic rings. The summed E-state index contributed by atoms with van der Waals surface area (Å²) < 4.78 is 17.0. The van der Waals surface area contributed by atoms with Crippen LogP contribution in [0, 0.1) is 0 Å². The fraction of sp³-hybridized carbons (Fsp3) is 0.933. The van der Waals surface area contributed by atoms with Crippen molar-refractivity contribution >= 4 is 5.97 Å². The van der Waals surface area contributed by atoms with Crippen LogP contribution in [-0.2, 0) is 19.0 Å². The lowest BCUT2D eigenvalue weighted by Crippen LogP contribution is -2.48. The van der Waals surface area contributed by atoms with Gasteiger partial charge in [-0.05, 0) is 32.2 Å². The number of hydrogen-bond acceptors (Lipinski definition) is 5. The quantitative estimate of drug-likeness (QED) is 0.738. The third kappa shape index (κ3) is 2.85. The number of carbonyl (C=O) groups is 1. The molecule has 20 heavy (non-hydrogen) atoms. The summed E-state index contributed by atoms with van der Waals surface area (Å²) in [5, 5.41) is 0. The molecule has 0 bridgehead atoms. The van der Waals surface area contributed by atoms with Gasteiger partial charge in [-0.1, -0.05) is 6.42 Å². The second-order valence-electron chi connectivity index (χ2n) is 6.20. The number of ether oxygens (including phenoxy) is 3. The van der Waals surface area contributed by atoms with E-state index in [4.69, 9.17) is 14.2 Å². The van der Waals surface area contributed by atoms with Gasteiger partial charge in [0.2, 0.25) is 0 Å². The maximum absolute atomic E-state index is 11.9. The lowest BCUT2D eigenvalue weighted by molar-refractivity contribution is -0.165. The predicted octanol–water partition coefficient (Wildman–Crippen LogP) is 1.70. The predicted molar refractivity (Wildman–Crippen MR) is 73.3 cm³/mol. The van der Waals surface area contributed by atoms with Crippen molar-refractivity contribution in [1.29, 1.82) is 0 Å². The Kier molecular flexibility index (Phi) is 4.29. The van der Waals surface area contributed by atoms with E-state index in [0.717, 1.165) is 45.2 Å². The highest BCUT2D eigenvalue weighted by Crippen LogP contribution is 2.39. The molecular weight excluding hydrogens is 258 g/mol. The summed E-state index contributed by atoms with van der Waals surface area (Å²) in [5.41, 5.74) is 0. The molecule has 2 saturated heterocycles. The molecule has 5 heteroatoms. The summed E-state index contributed by atoms with van der Waals surface area (Å²) in [6, 6.07) is -0.0996. The van der Waals surface area contributed by atoms with Crippen LogP contribution in [0.4, 0.5) is 0 Å². The topological polar surface area (TPSA) is 48.0 Å². The average molecular weight is 283 g/mol. The zero-order chi connectivity index (χ0) is 14.0. The molecule has 3 fully saturated rings. The third-order valence-electron chi connectivity index (χ3n) is 4.80. The first-order valence-corrected chi connectivity index (χ1v) is 7.86. The summed E-state index contributed by atoms with van der Waals surface area (Å²) in [6.07, 6.45) is 7.66. The van der Waals surface area contributed by atoms with Gasteiger partial charge >= 0.3 is 5.97 Å². The van der Waals surface area contributed by atoms with E-state index < -0.39 is 0 Å². The van der Waals surface area contributed by atoms with Crippen LogP contribution in [0.1, 0.15) is 44.9 Å². The molecule has 0 aromatic rings. The van der Waals surface area contributed by atoms with E-state index in [0.29, 0.717) is 6.61 Å². The number of esters is 1. The molecule has 2 heterocycles. The van der Waals surface area contributed by atoms with Crippen LogP contribution in [0.3, 0.4) is 0 Å². The summed E-state index contributed by atoms with van der Waals surface area (Å²) in [7, 11) is 1.47. The Morgan fingerprint density at radius 1 is 1.30 bits per heavy atom. The maximum atomic E-state index is 11.9. The molecule has 3 rings (SSSR count). The van der Waals surface area contributed by atoms with Gasteiger partial charge in [0, 0.05) is 19.4 Å². The number of hydrogen-bond donors (Lipinski definition) is 0. The number of piperidine rings is 1. The minimum atomic E-state index is -0.304. The third-order valence-corrected chi connectivity index (χ3v) is 4.80. The molecule has 5 nitrogen and oxygen atoms in total. The highest BCUT2D eigenvalue weighted by Gasteiger charge is 2.44. The highest BCUT2D eigenvalue weighted by molar-refractivity contribution is 5.75. The first kappa shape index (κ1) is 14.3. The highest BCUT2D eigenvalue weighted by atomic mass is 16.7. The fourth-order valence-electron chi connectivity index (χ4n) is 3.76. The molecular formula is C15H25NO4. The first-order valence-electron chi connectivity index (χ1n) is 7.86. The monoisotopic (exact) mass is 283 g/mol. The summed E-state index contributed by atoms with van der Waals surface area (Å²) >= 11 is 0. The maximum Gasteiger partial charge on any atom is 0.323 e. The molecule has 0 N–H and O–H groups in total. The van der Waals surface area contributed by atoms with Crippen LogP contribution in [0.2, 0.25) is 0 Å². The normalized spacial score (nSPS) is 33.6. The van der Waals surface area contributed by atoms with Crippen molar-refractivity contribution in [3.8, 4) is 0 Å². The van der Waals surface area contributed by atoms with Crippen molar-refractivity contribution in [1.82, 2.24) is 4.90 Å².